The third kappa shape index (κ3) is 5.62. The van der Waals surface area contributed by atoms with E-state index in [-0.39, 0.29) is 17.3 Å². The topological polar surface area (TPSA) is 79.3 Å². The minimum absolute atomic E-state index is 0.0900. The van der Waals surface area contributed by atoms with Crippen molar-refractivity contribution in [2.75, 3.05) is 39.8 Å². The minimum Gasteiger partial charge on any atom is -0.507 e. The average Bonchev–Trinajstić information content (AvgIpc) is 3.20. The van der Waals surface area contributed by atoms with Gasteiger partial charge in [-0.1, -0.05) is 38.1 Å². The van der Waals surface area contributed by atoms with Gasteiger partial charge in [0.25, 0.3) is 11.7 Å². The fourth-order valence-corrected chi connectivity index (χ4v) is 4.94. The second kappa shape index (κ2) is 11.6. The highest BCUT2D eigenvalue weighted by molar-refractivity contribution is 6.46. The molecule has 0 aromatic heterocycles. The number of hydrogen-bond donors (Lipinski definition) is 1. The summed E-state index contributed by atoms with van der Waals surface area (Å²) in [4.78, 5) is 30.4. The van der Waals surface area contributed by atoms with Crippen molar-refractivity contribution in [2.24, 2.45) is 0 Å². The Bertz CT molecular complexity index is 1370. The Balaban J connectivity index is 1.79. The molecular weight excluding hydrogens is 492 g/mol. The first-order valence-electron chi connectivity index (χ1n) is 13.0. The van der Waals surface area contributed by atoms with Crippen LogP contribution in [0.4, 0.5) is 5.69 Å². The van der Waals surface area contributed by atoms with Crippen LogP contribution >= 0.6 is 0 Å². The molecular formula is C32H36N2O5. The van der Waals surface area contributed by atoms with Crippen molar-refractivity contribution in [1.29, 1.82) is 0 Å². The van der Waals surface area contributed by atoms with Crippen molar-refractivity contribution >= 4 is 23.1 Å². The van der Waals surface area contributed by atoms with Crippen molar-refractivity contribution < 1.29 is 24.2 Å². The van der Waals surface area contributed by atoms with E-state index in [4.69, 9.17) is 9.47 Å². The second-order valence-electron chi connectivity index (χ2n) is 10.2. The van der Waals surface area contributed by atoms with Gasteiger partial charge in [-0.25, -0.2) is 0 Å². The van der Waals surface area contributed by atoms with E-state index in [0.717, 1.165) is 28.1 Å². The lowest BCUT2D eigenvalue weighted by Crippen LogP contribution is -2.31. The van der Waals surface area contributed by atoms with Crippen molar-refractivity contribution in [3.05, 3.63) is 94.6 Å². The van der Waals surface area contributed by atoms with E-state index in [1.54, 1.807) is 31.3 Å². The standard InChI is InChI=1S/C32H36N2O5/c1-20(2)26-19-23(11-16-27(26)39-6)30(35)28-29(22-9-12-24(13-10-22)33(3)4)34(32(37)31(28)36)18-17-21-7-14-25(38-5)15-8-21/h7-16,19-20,29,35H,17-18H2,1-6H3/b30-28-. The molecule has 1 atom stereocenters. The minimum atomic E-state index is -0.718. The Kier molecular flexibility index (Phi) is 8.29. The van der Waals surface area contributed by atoms with Crippen LogP contribution < -0.4 is 14.4 Å². The predicted octanol–water partition coefficient (Wildman–Crippen LogP) is 5.56. The fraction of sp³-hybridized carbons (Fsp3) is 0.312. The SMILES string of the molecule is COc1ccc(CCN2C(=O)C(=O)/C(=C(\O)c3ccc(OC)c(C(C)C)c3)C2c2ccc(N(C)C)cc2)cc1. The van der Waals surface area contributed by atoms with E-state index in [0.29, 0.717) is 24.3 Å². The number of amides is 1. The summed E-state index contributed by atoms with van der Waals surface area (Å²) in [6.45, 7) is 4.38. The number of Topliss-reactive ketones (excluding diaryl/α,β-unsaturated/α-hetero) is 1. The first kappa shape index (κ1) is 27.8. The van der Waals surface area contributed by atoms with Gasteiger partial charge in [0.05, 0.1) is 25.8 Å². The summed E-state index contributed by atoms with van der Waals surface area (Å²) in [5, 5.41) is 11.5. The van der Waals surface area contributed by atoms with Crippen LogP contribution in [0, 0.1) is 0 Å². The lowest BCUT2D eigenvalue weighted by molar-refractivity contribution is -0.139. The van der Waals surface area contributed by atoms with Crippen molar-refractivity contribution in [2.45, 2.75) is 32.2 Å². The molecule has 0 saturated carbocycles. The monoisotopic (exact) mass is 528 g/mol. The van der Waals surface area contributed by atoms with Crippen LogP contribution in [0.5, 0.6) is 11.5 Å². The first-order chi connectivity index (χ1) is 18.7. The molecule has 3 aromatic rings. The zero-order chi connectivity index (χ0) is 28.3. The maximum absolute atomic E-state index is 13.5. The van der Waals surface area contributed by atoms with Gasteiger partial charge in [0.1, 0.15) is 17.3 Å². The Morgan fingerprint density at radius 1 is 0.949 bits per heavy atom. The number of likely N-dealkylation sites (tertiary alicyclic amines) is 1. The summed E-state index contributed by atoms with van der Waals surface area (Å²) in [5.41, 5.74) is 4.23. The maximum Gasteiger partial charge on any atom is 0.295 e. The predicted molar refractivity (Wildman–Crippen MR) is 154 cm³/mol. The Labute approximate surface area is 230 Å². The number of carbonyl (C=O) groups is 2. The molecule has 1 aliphatic rings. The molecule has 1 N–H and O–H groups in total. The number of hydrogen-bond acceptors (Lipinski definition) is 6. The number of nitrogens with zero attached hydrogens (tertiary/aromatic N) is 2. The molecule has 1 unspecified atom stereocenters. The van der Waals surface area contributed by atoms with Gasteiger partial charge in [-0.15, -0.1) is 0 Å². The Morgan fingerprint density at radius 2 is 1.62 bits per heavy atom. The van der Waals surface area contributed by atoms with Crippen LogP contribution in [0.3, 0.4) is 0 Å². The number of aliphatic hydroxyl groups is 1. The van der Waals surface area contributed by atoms with Gasteiger partial charge in [0.2, 0.25) is 0 Å². The maximum atomic E-state index is 13.5. The molecule has 4 rings (SSSR count). The molecule has 7 nitrogen and oxygen atoms in total. The molecule has 0 bridgehead atoms. The number of rotatable bonds is 9. The smallest absolute Gasteiger partial charge is 0.295 e. The summed E-state index contributed by atoms with van der Waals surface area (Å²) < 4.78 is 10.7. The van der Waals surface area contributed by atoms with Crippen LogP contribution in [0.2, 0.25) is 0 Å². The zero-order valence-corrected chi connectivity index (χ0v) is 23.4. The van der Waals surface area contributed by atoms with E-state index in [1.165, 1.54) is 0 Å². The molecule has 204 valence electrons. The van der Waals surface area contributed by atoms with E-state index in [2.05, 4.69) is 0 Å². The highest BCUT2D eigenvalue weighted by Crippen LogP contribution is 2.41. The third-order valence-corrected chi connectivity index (χ3v) is 7.19. The van der Waals surface area contributed by atoms with E-state index in [9.17, 15) is 14.7 Å². The van der Waals surface area contributed by atoms with Crippen LogP contribution in [-0.4, -0.2) is 56.6 Å². The second-order valence-corrected chi connectivity index (χ2v) is 10.2. The quantitative estimate of drug-likeness (QED) is 0.223. The normalized spacial score (nSPS) is 16.6. The van der Waals surface area contributed by atoms with Crippen LogP contribution in [0.1, 0.15) is 48.1 Å². The number of anilines is 1. The van der Waals surface area contributed by atoms with Gasteiger partial charge >= 0.3 is 0 Å². The highest BCUT2D eigenvalue weighted by atomic mass is 16.5. The molecule has 7 heteroatoms. The number of carbonyl (C=O) groups excluding carboxylic acids is 2. The van der Waals surface area contributed by atoms with Crippen LogP contribution in [0.15, 0.2) is 72.3 Å². The van der Waals surface area contributed by atoms with Crippen LogP contribution in [-0.2, 0) is 16.0 Å². The largest absolute Gasteiger partial charge is 0.507 e. The number of methoxy groups -OCH3 is 2. The lowest BCUT2D eigenvalue weighted by Gasteiger charge is -2.26. The number of ketones is 1. The highest BCUT2D eigenvalue weighted by Gasteiger charge is 2.45. The van der Waals surface area contributed by atoms with Crippen LogP contribution in [0.25, 0.3) is 5.76 Å². The molecule has 1 fully saturated rings. The first-order valence-corrected chi connectivity index (χ1v) is 13.0. The van der Waals surface area contributed by atoms with Gasteiger partial charge in [0.15, 0.2) is 0 Å². The molecule has 39 heavy (non-hydrogen) atoms. The molecule has 3 aromatic carbocycles. The summed E-state index contributed by atoms with van der Waals surface area (Å²) in [7, 11) is 7.12. The molecule has 1 aliphatic heterocycles. The van der Waals surface area contributed by atoms with Gasteiger partial charge in [-0.2, -0.15) is 0 Å². The summed E-state index contributed by atoms with van der Waals surface area (Å²) in [6, 6.07) is 20.0. The summed E-state index contributed by atoms with van der Waals surface area (Å²) >= 11 is 0. The van der Waals surface area contributed by atoms with Gasteiger partial charge in [-0.05, 0) is 71.5 Å². The number of aliphatic hydroxyl groups excluding tert-OH is 1. The Hall–Kier alpha value is -4.26. The van der Waals surface area contributed by atoms with Crippen molar-refractivity contribution in [3.63, 3.8) is 0 Å². The summed E-state index contributed by atoms with van der Waals surface area (Å²) in [5.74, 6) is 0.0912. The summed E-state index contributed by atoms with van der Waals surface area (Å²) in [6.07, 6.45) is 0.545. The third-order valence-electron chi connectivity index (χ3n) is 7.19. The van der Waals surface area contributed by atoms with E-state index in [1.807, 2.05) is 87.4 Å². The average molecular weight is 529 g/mol. The number of benzene rings is 3. The van der Waals surface area contributed by atoms with E-state index >= 15 is 0 Å². The van der Waals surface area contributed by atoms with Gasteiger partial charge in [0, 0.05) is 31.9 Å². The molecule has 1 saturated heterocycles. The molecule has 1 heterocycles. The fourth-order valence-electron chi connectivity index (χ4n) is 4.94. The van der Waals surface area contributed by atoms with Crippen molar-refractivity contribution in [3.8, 4) is 11.5 Å². The molecule has 1 amide bonds. The number of ether oxygens (including phenoxy) is 2. The van der Waals surface area contributed by atoms with E-state index < -0.39 is 17.7 Å². The van der Waals surface area contributed by atoms with Gasteiger partial charge in [-0.3, -0.25) is 9.59 Å². The lowest BCUT2D eigenvalue weighted by atomic mass is 9.93. The van der Waals surface area contributed by atoms with Crippen molar-refractivity contribution in [1.82, 2.24) is 4.90 Å². The molecule has 0 spiro atoms. The zero-order valence-electron chi connectivity index (χ0n) is 23.4. The van der Waals surface area contributed by atoms with Gasteiger partial charge < -0.3 is 24.4 Å². The molecule has 0 radical (unpaired) electrons. The molecule has 0 aliphatic carbocycles. The Morgan fingerprint density at radius 3 is 2.18 bits per heavy atom.